The lowest BCUT2D eigenvalue weighted by atomic mass is 10.1. The highest BCUT2D eigenvalue weighted by atomic mass is 79.9. The van der Waals surface area contributed by atoms with Crippen molar-refractivity contribution < 1.29 is 0 Å². The summed E-state index contributed by atoms with van der Waals surface area (Å²) in [5.74, 6) is 0. The first-order valence-corrected chi connectivity index (χ1v) is 8.36. The van der Waals surface area contributed by atoms with Crippen molar-refractivity contribution in [2.75, 3.05) is 0 Å². The van der Waals surface area contributed by atoms with E-state index in [2.05, 4.69) is 47.1 Å². The summed E-state index contributed by atoms with van der Waals surface area (Å²) in [7, 11) is 2.03. The van der Waals surface area contributed by atoms with Gasteiger partial charge >= 0.3 is 0 Å². The molecule has 1 atom stereocenters. The zero-order valence-corrected chi connectivity index (χ0v) is 14.4. The minimum Gasteiger partial charge on any atom is -0.308 e. The van der Waals surface area contributed by atoms with Crippen LogP contribution in [0.3, 0.4) is 0 Å². The summed E-state index contributed by atoms with van der Waals surface area (Å²) >= 11 is 3.68. The highest BCUT2D eigenvalue weighted by Gasteiger charge is 2.14. The molecule has 0 aromatic carbocycles. The van der Waals surface area contributed by atoms with Gasteiger partial charge in [0.15, 0.2) is 0 Å². The molecule has 0 bridgehead atoms. The highest BCUT2D eigenvalue weighted by molar-refractivity contribution is 9.10. The molecule has 0 aliphatic rings. The Kier molecular flexibility index (Phi) is 7.69. The Morgan fingerprint density at radius 1 is 1.21 bits per heavy atom. The SMILES string of the molecule is CCCCC(CCC)NCc1c(Br)c(CC)nn1C. The average molecular weight is 330 g/mol. The maximum Gasteiger partial charge on any atom is 0.0767 e. The molecule has 1 aromatic heterocycles. The summed E-state index contributed by atoms with van der Waals surface area (Å²) < 4.78 is 3.18. The number of unbranched alkanes of at least 4 members (excludes halogenated alkanes) is 1. The summed E-state index contributed by atoms with van der Waals surface area (Å²) in [6.45, 7) is 7.56. The molecule has 1 aromatic rings. The summed E-state index contributed by atoms with van der Waals surface area (Å²) in [5.41, 5.74) is 2.41. The fourth-order valence-electron chi connectivity index (χ4n) is 2.40. The van der Waals surface area contributed by atoms with Gasteiger partial charge in [0.1, 0.15) is 0 Å². The maximum absolute atomic E-state index is 4.54. The molecular formula is C15H28BrN3. The van der Waals surface area contributed by atoms with Crippen LogP contribution in [0.15, 0.2) is 4.47 Å². The fraction of sp³-hybridized carbons (Fsp3) is 0.800. The van der Waals surface area contributed by atoms with E-state index < -0.39 is 0 Å². The molecule has 3 nitrogen and oxygen atoms in total. The third-order valence-electron chi connectivity index (χ3n) is 3.60. The topological polar surface area (TPSA) is 29.9 Å². The number of rotatable bonds is 9. The molecule has 0 aliphatic heterocycles. The third-order valence-corrected chi connectivity index (χ3v) is 4.52. The second-order valence-corrected chi connectivity index (χ2v) is 5.99. The van der Waals surface area contributed by atoms with Crippen LogP contribution in [0.4, 0.5) is 0 Å². The van der Waals surface area contributed by atoms with E-state index in [1.807, 2.05) is 11.7 Å². The van der Waals surface area contributed by atoms with Crippen molar-refractivity contribution in [1.82, 2.24) is 15.1 Å². The molecular weight excluding hydrogens is 302 g/mol. The van der Waals surface area contributed by atoms with E-state index in [0.717, 1.165) is 18.7 Å². The molecule has 1 heterocycles. The molecule has 0 fully saturated rings. The molecule has 110 valence electrons. The Balaban J connectivity index is 2.60. The predicted octanol–water partition coefficient (Wildman–Crippen LogP) is 4.19. The molecule has 0 amide bonds. The van der Waals surface area contributed by atoms with Crippen LogP contribution in [0.25, 0.3) is 0 Å². The number of aryl methyl sites for hydroxylation is 2. The van der Waals surface area contributed by atoms with Gasteiger partial charge in [-0.25, -0.2) is 0 Å². The van der Waals surface area contributed by atoms with Crippen molar-refractivity contribution in [1.29, 1.82) is 0 Å². The van der Waals surface area contributed by atoms with Crippen LogP contribution in [0.2, 0.25) is 0 Å². The average Bonchev–Trinajstić information content (AvgIpc) is 2.68. The Morgan fingerprint density at radius 3 is 2.47 bits per heavy atom. The van der Waals surface area contributed by atoms with Gasteiger partial charge in [-0.2, -0.15) is 5.10 Å². The summed E-state index contributed by atoms with van der Waals surface area (Å²) in [6.07, 6.45) is 7.34. The standard InChI is InChI=1S/C15H28BrN3/c1-5-8-10-12(9-6-2)17-11-14-15(16)13(7-3)18-19(14)4/h12,17H,5-11H2,1-4H3. The van der Waals surface area contributed by atoms with Gasteiger partial charge in [-0.1, -0.05) is 40.0 Å². The zero-order valence-electron chi connectivity index (χ0n) is 12.8. The van der Waals surface area contributed by atoms with Gasteiger partial charge in [-0.15, -0.1) is 0 Å². The lowest BCUT2D eigenvalue weighted by Gasteiger charge is -2.18. The monoisotopic (exact) mass is 329 g/mol. The Hall–Kier alpha value is -0.350. The Morgan fingerprint density at radius 2 is 1.95 bits per heavy atom. The van der Waals surface area contributed by atoms with Gasteiger partial charge in [-0.3, -0.25) is 4.68 Å². The second kappa shape index (κ2) is 8.75. The van der Waals surface area contributed by atoms with E-state index in [1.54, 1.807) is 0 Å². The van der Waals surface area contributed by atoms with Crippen molar-refractivity contribution >= 4 is 15.9 Å². The van der Waals surface area contributed by atoms with Gasteiger partial charge in [0, 0.05) is 19.6 Å². The van der Waals surface area contributed by atoms with Crippen molar-refractivity contribution in [2.24, 2.45) is 7.05 Å². The minimum atomic E-state index is 0.636. The first kappa shape index (κ1) is 16.7. The van der Waals surface area contributed by atoms with Gasteiger partial charge in [0.2, 0.25) is 0 Å². The van der Waals surface area contributed by atoms with E-state index in [0.29, 0.717) is 6.04 Å². The van der Waals surface area contributed by atoms with Crippen LogP contribution >= 0.6 is 15.9 Å². The first-order chi connectivity index (χ1) is 9.13. The quantitative estimate of drug-likeness (QED) is 0.736. The largest absolute Gasteiger partial charge is 0.308 e. The van der Waals surface area contributed by atoms with Crippen LogP contribution in [0.5, 0.6) is 0 Å². The molecule has 0 spiro atoms. The lowest BCUT2D eigenvalue weighted by Crippen LogP contribution is -2.29. The van der Waals surface area contributed by atoms with E-state index in [4.69, 9.17) is 0 Å². The number of aromatic nitrogens is 2. The normalized spacial score (nSPS) is 12.9. The predicted molar refractivity (Wildman–Crippen MR) is 85.3 cm³/mol. The molecule has 4 heteroatoms. The van der Waals surface area contributed by atoms with Crippen LogP contribution in [-0.2, 0) is 20.0 Å². The fourth-order valence-corrected chi connectivity index (χ4v) is 3.16. The minimum absolute atomic E-state index is 0.636. The molecule has 0 aliphatic carbocycles. The lowest BCUT2D eigenvalue weighted by molar-refractivity contribution is 0.427. The van der Waals surface area contributed by atoms with E-state index in [9.17, 15) is 0 Å². The van der Waals surface area contributed by atoms with Crippen LogP contribution < -0.4 is 5.32 Å². The van der Waals surface area contributed by atoms with E-state index in [1.165, 1.54) is 42.3 Å². The Bertz CT molecular complexity index is 374. The summed E-state index contributed by atoms with van der Waals surface area (Å²) in [5, 5.41) is 8.24. The Labute approximate surface area is 126 Å². The smallest absolute Gasteiger partial charge is 0.0767 e. The van der Waals surface area contributed by atoms with Gasteiger partial charge in [0.25, 0.3) is 0 Å². The highest BCUT2D eigenvalue weighted by Crippen LogP contribution is 2.21. The van der Waals surface area contributed by atoms with Crippen molar-refractivity contribution in [3.05, 3.63) is 15.9 Å². The summed E-state index contributed by atoms with van der Waals surface area (Å²) in [4.78, 5) is 0. The maximum atomic E-state index is 4.54. The van der Waals surface area contributed by atoms with Crippen molar-refractivity contribution in [3.63, 3.8) is 0 Å². The third kappa shape index (κ3) is 4.92. The van der Waals surface area contributed by atoms with E-state index >= 15 is 0 Å². The number of halogens is 1. The molecule has 1 rings (SSSR count). The molecule has 19 heavy (non-hydrogen) atoms. The van der Waals surface area contributed by atoms with Crippen LogP contribution in [0, 0.1) is 0 Å². The van der Waals surface area contributed by atoms with Crippen molar-refractivity contribution in [3.8, 4) is 0 Å². The van der Waals surface area contributed by atoms with Crippen molar-refractivity contribution in [2.45, 2.75) is 71.9 Å². The number of hydrogen-bond acceptors (Lipinski definition) is 2. The van der Waals surface area contributed by atoms with Gasteiger partial charge < -0.3 is 5.32 Å². The molecule has 0 saturated heterocycles. The molecule has 1 unspecified atom stereocenters. The zero-order chi connectivity index (χ0) is 14.3. The molecule has 1 N–H and O–H groups in total. The molecule has 0 saturated carbocycles. The van der Waals surface area contributed by atoms with Crippen LogP contribution in [-0.4, -0.2) is 15.8 Å². The molecule has 0 radical (unpaired) electrons. The summed E-state index contributed by atoms with van der Waals surface area (Å²) in [6, 6.07) is 0.636. The van der Waals surface area contributed by atoms with Gasteiger partial charge in [0.05, 0.1) is 15.9 Å². The van der Waals surface area contributed by atoms with Crippen LogP contribution in [0.1, 0.15) is 64.3 Å². The number of hydrogen-bond donors (Lipinski definition) is 1. The van der Waals surface area contributed by atoms with E-state index in [-0.39, 0.29) is 0 Å². The van der Waals surface area contributed by atoms with Gasteiger partial charge in [-0.05, 0) is 35.2 Å². The number of nitrogens with one attached hydrogen (secondary N) is 1. The second-order valence-electron chi connectivity index (χ2n) is 5.19. The number of nitrogens with zero attached hydrogens (tertiary/aromatic N) is 2. The first-order valence-electron chi connectivity index (χ1n) is 7.57.